The zero-order chi connectivity index (χ0) is 15.0. The molecule has 0 bridgehead atoms. The highest BCUT2D eigenvalue weighted by Crippen LogP contribution is 2.39. The van der Waals surface area contributed by atoms with E-state index in [1.807, 2.05) is 6.26 Å². The quantitative estimate of drug-likeness (QED) is 0.483. The second-order valence-corrected chi connectivity index (χ2v) is 6.66. The predicted octanol–water partition coefficient (Wildman–Crippen LogP) is 2.25. The van der Waals surface area contributed by atoms with Crippen LogP contribution in [0.1, 0.15) is 36.9 Å². The minimum Gasteiger partial charge on any atom is -0.469 e. The molecule has 0 aromatic carbocycles. The summed E-state index contributed by atoms with van der Waals surface area (Å²) in [6, 6.07) is 0. The molecular weight excluding hydrogens is 286 g/mol. The number of thioether (sulfide) groups is 1. The van der Waals surface area contributed by atoms with Gasteiger partial charge < -0.3 is 9.64 Å². The number of esters is 1. The zero-order valence-electron chi connectivity index (χ0n) is 12.8. The molecule has 21 heavy (non-hydrogen) atoms. The van der Waals surface area contributed by atoms with Gasteiger partial charge in [-0.1, -0.05) is 18.7 Å². The average Bonchev–Trinajstić information content (AvgIpc) is 2.83. The maximum Gasteiger partial charge on any atom is 0.305 e. The molecule has 2 heterocycles. The second-order valence-electron chi connectivity index (χ2n) is 5.89. The van der Waals surface area contributed by atoms with Crippen LogP contribution in [0.5, 0.6) is 0 Å². The molecule has 1 aliphatic heterocycles. The molecular formula is C15H21N3O2S. The second kappa shape index (κ2) is 5.83. The van der Waals surface area contributed by atoms with Crippen LogP contribution in [0, 0.1) is 5.92 Å². The Bertz CT molecular complexity index is 558. The smallest absolute Gasteiger partial charge is 0.305 e. The van der Waals surface area contributed by atoms with Crippen molar-refractivity contribution < 1.29 is 9.53 Å². The number of fused-ring (bicyclic) bond motifs is 1. The molecule has 114 valence electrons. The molecule has 0 saturated carbocycles. The summed E-state index contributed by atoms with van der Waals surface area (Å²) < 4.78 is 4.74. The molecule has 1 unspecified atom stereocenters. The number of methoxy groups -OCH3 is 1. The van der Waals surface area contributed by atoms with E-state index < -0.39 is 0 Å². The van der Waals surface area contributed by atoms with E-state index in [0.717, 1.165) is 36.9 Å². The van der Waals surface area contributed by atoms with Crippen molar-refractivity contribution in [1.82, 2.24) is 9.97 Å². The average molecular weight is 307 g/mol. The van der Waals surface area contributed by atoms with E-state index in [1.165, 1.54) is 18.4 Å². The summed E-state index contributed by atoms with van der Waals surface area (Å²) in [4.78, 5) is 23.0. The third-order valence-electron chi connectivity index (χ3n) is 4.41. The largest absolute Gasteiger partial charge is 0.469 e. The molecule has 3 rings (SSSR count). The van der Waals surface area contributed by atoms with Crippen molar-refractivity contribution in [2.24, 2.45) is 5.92 Å². The number of ether oxygens (including phenoxy) is 1. The molecule has 0 spiro atoms. The molecule has 1 saturated heterocycles. The number of anilines is 1. The monoisotopic (exact) mass is 307 g/mol. The molecule has 0 amide bonds. The van der Waals surface area contributed by atoms with Crippen LogP contribution in [0.25, 0.3) is 0 Å². The lowest BCUT2D eigenvalue weighted by atomic mass is 9.95. The molecule has 6 heteroatoms. The van der Waals surface area contributed by atoms with Gasteiger partial charge in [0.05, 0.1) is 19.2 Å². The fraction of sp³-hybridized carbons (Fsp3) is 0.667. The Morgan fingerprint density at radius 2 is 2.19 bits per heavy atom. The number of rotatable bonds is 4. The molecule has 1 aromatic heterocycles. The summed E-state index contributed by atoms with van der Waals surface area (Å²) in [5.74, 6) is 1.89. The van der Waals surface area contributed by atoms with E-state index in [1.54, 1.807) is 11.8 Å². The molecule has 1 fully saturated rings. The van der Waals surface area contributed by atoms with Gasteiger partial charge in [-0.25, -0.2) is 9.97 Å². The fourth-order valence-corrected chi connectivity index (χ4v) is 3.52. The zero-order valence-corrected chi connectivity index (χ0v) is 13.6. The maximum absolute atomic E-state index is 11.3. The van der Waals surface area contributed by atoms with Crippen molar-refractivity contribution in [3.05, 3.63) is 11.3 Å². The molecule has 0 radical (unpaired) electrons. The maximum atomic E-state index is 11.3. The van der Waals surface area contributed by atoms with Gasteiger partial charge in [-0.2, -0.15) is 0 Å². The fourth-order valence-electron chi connectivity index (χ4n) is 3.16. The lowest BCUT2D eigenvalue weighted by Gasteiger charge is -2.40. The third-order valence-corrected chi connectivity index (χ3v) is 4.96. The van der Waals surface area contributed by atoms with E-state index in [2.05, 4.69) is 16.8 Å². The minimum atomic E-state index is -0.119. The van der Waals surface area contributed by atoms with Crippen molar-refractivity contribution in [2.75, 3.05) is 31.4 Å². The predicted molar refractivity (Wildman–Crippen MR) is 82.9 cm³/mol. The normalized spacial score (nSPS) is 21.1. The van der Waals surface area contributed by atoms with Gasteiger partial charge in [0.15, 0.2) is 5.16 Å². The lowest BCUT2D eigenvalue weighted by Crippen LogP contribution is -2.48. The Balaban J connectivity index is 1.77. The first-order valence-corrected chi connectivity index (χ1v) is 8.61. The van der Waals surface area contributed by atoms with Gasteiger partial charge in [0, 0.05) is 24.6 Å². The van der Waals surface area contributed by atoms with E-state index in [-0.39, 0.29) is 5.97 Å². The van der Waals surface area contributed by atoms with Crippen molar-refractivity contribution in [3.63, 3.8) is 0 Å². The van der Waals surface area contributed by atoms with Crippen LogP contribution >= 0.6 is 11.8 Å². The number of carbonyl (C=O) groups is 1. The SMILES string of the molecule is COC(=O)CC1CN(c2nc(SC)nc3c2CCC3C)C1. The number of hydrogen-bond acceptors (Lipinski definition) is 6. The minimum absolute atomic E-state index is 0.119. The Morgan fingerprint density at radius 1 is 1.43 bits per heavy atom. The molecule has 5 nitrogen and oxygen atoms in total. The number of nitrogens with zero attached hydrogens (tertiary/aromatic N) is 3. The lowest BCUT2D eigenvalue weighted by molar-refractivity contribution is -0.141. The summed E-state index contributed by atoms with van der Waals surface area (Å²) in [5.41, 5.74) is 2.54. The van der Waals surface area contributed by atoms with Gasteiger partial charge in [0.25, 0.3) is 0 Å². The summed E-state index contributed by atoms with van der Waals surface area (Å²) in [7, 11) is 1.45. The third kappa shape index (κ3) is 2.73. The first-order valence-electron chi connectivity index (χ1n) is 7.39. The molecule has 2 aliphatic rings. The first-order chi connectivity index (χ1) is 10.1. The van der Waals surface area contributed by atoms with E-state index in [0.29, 0.717) is 18.3 Å². The van der Waals surface area contributed by atoms with Gasteiger partial charge in [-0.3, -0.25) is 4.79 Å². The highest BCUT2D eigenvalue weighted by Gasteiger charge is 2.34. The summed E-state index contributed by atoms with van der Waals surface area (Å²) in [6.45, 7) is 4.02. The van der Waals surface area contributed by atoms with Crippen molar-refractivity contribution in [1.29, 1.82) is 0 Å². The Kier molecular flexibility index (Phi) is 4.06. The summed E-state index contributed by atoms with van der Waals surface area (Å²) >= 11 is 1.60. The van der Waals surface area contributed by atoms with Crippen LogP contribution in [0.15, 0.2) is 5.16 Å². The van der Waals surface area contributed by atoms with Gasteiger partial charge in [-0.05, 0) is 25.0 Å². The Labute approximate surface area is 129 Å². The molecule has 1 aromatic rings. The van der Waals surface area contributed by atoms with Crippen molar-refractivity contribution in [2.45, 2.75) is 37.3 Å². The van der Waals surface area contributed by atoms with Crippen LogP contribution in [0.3, 0.4) is 0 Å². The van der Waals surface area contributed by atoms with Crippen LogP contribution in [-0.4, -0.2) is 42.4 Å². The number of hydrogen-bond donors (Lipinski definition) is 0. The van der Waals surface area contributed by atoms with Crippen LogP contribution < -0.4 is 4.90 Å². The van der Waals surface area contributed by atoms with Gasteiger partial charge >= 0.3 is 5.97 Å². The topological polar surface area (TPSA) is 55.3 Å². The van der Waals surface area contributed by atoms with Crippen LogP contribution in [0.2, 0.25) is 0 Å². The Hall–Kier alpha value is -1.30. The van der Waals surface area contributed by atoms with E-state index >= 15 is 0 Å². The van der Waals surface area contributed by atoms with Gasteiger partial charge in [-0.15, -0.1) is 0 Å². The van der Waals surface area contributed by atoms with E-state index in [4.69, 9.17) is 9.72 Å². The van der Waals surface area contributed by atoms with Crippen molar-refractivity contribution in [3.8, 4) is 0 Å². The van der Waals surface area contributed by atoms with Crippen LogP contribution in [-0.2, 0) is 16.0 Å². The summed E-state index contributed by atoms with van der Waals surface area (Å²) in [5, 5.41) is 0.855. The molecule has 0 N–H and O–H groups in total. The van der Waals surface area contributed by atoms with Crippen molar-refractivity contribution >= 4 is 23.5 Å². The van der Waals surface area contributed by atoms with E-state index in [9.17, 15) is 4.79 Å². The first kappa shape index (κ1) is 14.6. The van der Waals surface area contributed by atoms with Crippen LogP contribution in [0.4, 0.5) is 5.82 Å². The standard InChI is InChI=1S/C15H21N3O2S/c1-9-4-5-11-13(9)16-15(21-3)17-14(11)18-7-10(8-18)6-12(19)20-2/h9-10H,4-8H2,1-3H3. The molecule has 1 aliphatic carbocycles. The highest BCUT2D eigenvalue weighted by molar-refractivity contribution is 7.98. The van der Waals surface area contributed by atoms with Gasteiger partial charge in [0.1, 0.15) is 5.82 Å². The van der Waals surface area contributed by atoms with Gasteiger partial charge in [0.2, 0.25) is 0 Å². The summed E-state index contributed by atoms with van der Waals surface area (Å²) in [6.07, 6.45) is 4.75. The number of aromatic nitrogens is 2. The highest BCUT2D eigenvalue weighted by atomic mass is 32.2. The molecule has 1 atom stereocenters. The number of carbonyl (C=O) groups excluding carboxylic acids is 1. The Morgan fingerprint density at radius 3 is 2.86 bits per heavy atom.